The molecule has 168 valence electrons. The summed E-state index contributed by atoms with van der Waals surface area (Å²) >= 11 is 0. The highest BCUT2D eigenvalue weighted by Gasteiger charge is 2.27. The van der Waals surface area contributed by atoms with Gasteiger partial charge in [-0.1, -0.05) is 36.6 Å². The molecular weight excluding hydrogens is 411 g/mol. The van der Waals surface area contributed by atoms with E-state index in [-0.39, 0.29) is 46.9 Å². The molecule has 1 aromatic carbocycles. The summed E-state index contributed by atoms with van der Waals surface area (Å²) < 4.78 is 19.7. The molecule has 1 fully saturated rings. The van der Waals surface area contributed by atoms with E-state index in [1.807, 2.05) is 7.05 Å². The third-order valence-corrected chi connectivity index (χ3v) is 6.23. The zero-order valence-electron chi connectivity index (χ0n) is 18.6. The quantitative estimate of drug-likeness (QED) is 0.597. The number of nitrogens with zero attached hydrogens (tertiary/aromatic N) is 4. The number of rotatable bonds is 5. The van der Waals surface area contributed by atoms with Crippen LogP contribution in [0.25, 0.3) is 22.4 Å². The van der Waals surface area contributed by atoms with Crippen LogP contribution in [-0.2, 0) is 4.79 Å². The first-order valence-corrected chi connectivity index (χ1v) is 10.9. The molecule has 3 aromatic rings. The summed E-state index contributed by atoms with van der Waals surface area (Å²) in [5, 5.41) is 4.40. The van der Waals surface area contributed by atoms with Gasteiger partial charge in [-0.3, -0.25) is 9.59 Å². The Morgan fingerprint density at radius 1 is 1.16 bits per heavy atom. The molecule has 0 unspecified atom stereocenters. The molecule has 0 bridgehead atoms. The zero-order valence-corrected chi connectivity index (χ0v) is 18.6. The molecular formula is C24H27FN4O3. The lowest BCUT2D eigenvalue weighted by atomic mass is 9.94. The number of aryl methyl sites for hydroxylation is 1. The van der Waals surface area contributed by atoms with Crippen LogP contribution in [0.2, 0.25) is 0 Å². The van der Waals surface area contributed by atoms with Crippen molar-refractivity contribution >= 4 is 22.9 Å². The molecule has 2 amide bonds. The Kier molecular flexibility index (Phi) is 6.21. The maximum atomic E-state index is 14.4. The van der Waals surface area contributed by atoms with Crippen molar-refractivity contribution in [3.05, 3.63) is 47.4 Å². The zero-order chi connectivity index (χ0) is 22.8. The summed E-state index contributed by atoms with van der Waals surface area (Å²) in [5.74, 6) is -0.923. The predicted octanol–water partition coefficient (Wildman–Crippen LogP) is 4.20. The summed E-state index contributed by atoms with van der Waals surface area (Å²) in [6, 6.07) is 7.97. The fourth-order valence-electron chi connectivity index (χ4n) is 4.33. The molecule has 0 saturated heterocycles. The number of benzene rings is 1. The number of hydrogen-bond acceptors (Lipinski definition) is 5. The second kappa shape index (κ2) is 9.06. The van der Waals surface area contributed by atoms with Crippen LogP contribution >= 0.6 is 0 Å². The molecule has 32 heavy (non-hydrogen) atoms. The van der Waals surface area contributed by atoms with Crippen LogP contribution in [0.4, 0.5) is 4.39 Å². The number of halogens is 1. The Hall–Kier alpha value is -3.29. The smallest absolute Gasteiger partial charge is 0.259 e. The van der Waals surface area contributed by atoms with Crippen LogP contribution in [0, 0.1) is 12.7 Å². The van der Waals surface area contributed by atoms with Crippen molar-refractivity contribution in [2.45, 2.75) is 45.1 Å². The number of carbonyl (C=O) groups excluding carboxylic acids is 2. The number of aromatic nitrogens is 2. The van der Waals surface area contributed by atoms with Gasteiger partial charge in [0.1, 0.15) is 5.82 Å². The Bertz CT molecular complexity index is 1150. The molecule has 1 saturated carbocycles. The standard InChI is InChI=1S/C24H27FN4O3/c1-15-22-18(13-20(26-23(22)32-27-15)17-11-7-8-12-19(17)25)24(31)28(2)14-21(30)29(3)16-9-5-4-6-10-16/h7-8,11-13,16H,4-6,9-10,14H2,1-3H3. The van der Waals surface area contributed by atoms with Crippen molar-refractivity contribution in [1.82, 2.24) is 19.9 Å². The van der Waals surface area contributed by atoms with E-state index < -0.39 is 5.82 Å². The summed E-state index contributed by atoms with van der Waals surface area (Å²) in [5.41, 5.74) is 1.48. The molecule has 2 aromatic heterocycles. The lowest BCUT2D eigenvalue weighted by Crippen LogP contribution is -2.44. The summed E-state index contributed by atoms with van der Waals surface area (Å²) in [7, 11) is 3.40. The lowest BCUT2D eigenvalue weighted by molar-refractivity contribution is -0.133. The number of pyridine rings is 1. The summed E-state index contributed by atoms with van der Waals surface area (Å²) in [6.45, 7) is 1.67. The van der Waals surface area contributed by atoms with Gasteiger partial charge in [-0.05, 0) is 38.0 Å². The molecule has 4 rings (SSSR count). The molecule has 0 N–H and O–H groups in total. The fraction of sp³-hybridized carbons (Fsp3) is 0.417. The molecule has 0 atom stereocenters. The van der Waals surface area contributed by atoms with Crippen LogP contribution in [0.15, 0.2) is 34.9 Å². The van der Waals surface area contributed by atoms with Gasteiger partial charge in [0.15, 0.2) is 0 Å². The highest BCUT2D eigenvalue weighted by Crippen LogP contribution is 2.29. The first kappa shape index (κ1) is 21.9. The van der Waals surface area contributed by atoms with E-state index in [4.69, 9.17) is 4.52 Å². The van der Waals surface area contributed by atoms with Crippen molar-refractivity contribution in [2.24, 2.45) is 0 Å². The molecule has 0 spiro atoms. The van der Waals surface area contributed by atoms with Gasteiger partial charge in [0.05, 0.1) is 28.9 Å². The Morgan fingerprint density at radius 2 is 1.88 bits per heavy atom. The number of likely N-dealkylation sites (N-methyl/N-ethyl adjacent to an activating group) is 2. The largest absolute Gasteiger partial charge is 0.341 e. The minimum atomic E-state index is -0.452. The van der Waals surface area contributed by atoms with Crippen LogP contribution in [0.3, 0.4) is 0 Å². The predicted molar refractivity (Wildman–Crippen MR) is 119 cm³/mol. The van der Waals surface area contributed by atoms with Crippen molar-refractivity contribution in [3.8, 4) is 11.3 Å². The molecule has 0 radical (unpaired) electrons. The van der Waals surface area contributed by atoms with Gasteiger partial charge in [-0.2, -0.15) is 0 Å². The maximum absolute atomic E-state index is 14.4. The molecule has 2 heterocycles. The van der Waals surface area contributed by atoms with E-state index in [1.54, 1.807) is 43.1 Å². The number of fused-ring (bicyclic) bond motifs is 1. The van der Waals surface area contributed by atoms with Crippen molar-refractivity contribution < 1.29 is 18.5 Å². The summed E-state index contributed by atoms with van der Waals surface area (Å²) in [6.07, 6.45) is 5.44. The third-order valence-electron chi connectivity index (χ3n) is 6.23. The van der Waals surface area contributed by atoms with Gasteiger partial charge in [0, 0.05) is 25.7 Å². The second-order valence-corrected chi connectivity index (χ2v) is 8.44. The Balaban J connectivity index is 1.63. The van der Waals surface area contributed by atoms with Gasteiger partial charge in [0.2, 0.25) is 5.91 Å². The number of hydrogen-bond donors (Lipinski definition) is 0. The fourth-order valence-corrected chi connectivity index (χ4v) is 4.33. The van der Waals surface area contributed by atoms with Crippen LogP contribution in [-0.4, -0.2) is 58.4 Å². The maximum Gasteiger partial charge on any atom is 0.259 e. The lowest BCUT2D eigenvalue weighted by Gasteiger charge is -2.32. The Labute approximate surface area is 186 Å². The van der Waals surface area contributed by atoms with E-state index in [0.29, 0.717) is 11.1 Å². The van der Waals surface area contributed by atoms with E-state index in [1.165, 1.54) is 17.4 Å². The van der Waals surface area contributed by atoms with Crippen LogP contribution in [0.1, 0.15) is 48.2 Å². The van der Waals surface area contributed by atoms with E-state index >= 15 is 0 Å². The molecule has 1 aliphatic carbocycles. The minimum Gasteiger partial charge on any atom is -0.341 e. The molecule has 8 heteroatoms. The average Bonchev–Trinajstić information content (AvgIpc) is 3.19. The Morgan fingerprint density at radius 3 is 2.59 bits per heavy atom. The van der Waals surface area contributed by atoms with Crippen molar-refractivity contribution in [2.75, 3.05) is 20.6 Å². The first-order valence-electron chi connectivity index (χ1n) is 10.9. The highest BCUT2D eigenvalue weighted by molar-refractivity contribution is 6.07. The van der Waals surface area contributed by atoms with Gasteiger partial charge >= 0.3 is 0 Å². The summed E-state index contributed by atoms with van der Waals surface area (Å²) in [4.78, 5) is 33.7. The minimum absolute atomic E-state index is 0.0466. The SMILES string of the molecule is Cc1noc2nc(-c3ccccc3F)cc(C(=O)N(C)CC(=O)N(C)C3CCCCC3)c12. The van der Waals surface area contributed by atoms with Gasteiger partial charge < -0.3 is 14.3 Å². The highest BCUT2D eigenvalue weighted by atomic mass is 19.1. The first-order chi connectivity index (χ1) is 15.4. The molecule has 1 aliphatic rings. The second-order valence-electron chi connectivity index (χ2n) is 8.44. The van der Waals surface area contributed by atoms with Gasteiger partial charge in [-0.15, -0.1) is 0 Å². The van der Waals surface area contributed by atoms with Crippen molar-refractivity contribution in [1.29, 1.82) is 0 Å². The van der Waals surface area contributed by atoms with E-state index in [2.05, 4.69) is 10.1 Å². The van der Waals surface area contributed by atoms with Crippen molar-refractivity contribution in [3.63, 3.8) is 0 Å². The number of carbonyl (C=O) groups is 2. The normalized spacial score (nSPS) is 14.5. The molecule has 0 aliphatic heterocycles. The van der Waals surface area contributed by atoms with Gasteiger partial charge in [0.25, 0.3) is 11.6 Å². The van der Waals surface area contributed by atoms with Gasteiger partial charge in [-0.25, -0.2) is 9.37 Å². The van der Waals surface area contributed by atoms with Crippen LogP contribution in [0.5, 0.6) is 0 Å². The average molecular weight is 439 g/mol. The van der Waals surface area contributed by atoms with E-state index in [9.17, 15) is 14.0 Å². The molecule has 7 nitrogen and oxygen atoms in total. The monoisotopic (exact) mass is 438 g/mol. The topological polar surface area (TPSA) is 79.5 Å². The number of amides is 2. The van der Waals surface area contributed by atoms with Crippen LogP contribution < -0.4 is 0 Å². The third kappa shape index (κ3) is 4.22. The van der Waals surface area contributed by atoms with E-state index in [0.717, 1.165) is 25.7 Å².